The van der Waals surface area contributed by atoms with Crippen LogP contribution in [0.1, 0.15) is 39.7 Å². The lowest BCUT2D eigenvalue weighted by atomic mass is 10.2. The molecule has 1 aromatic carbocycles. The van der Waals surface area contributed by atoms with Gasteiger partial charge in [0.05, 0.1) is 12.6 Å². The largest absolute Gasteiger partial charge is 0.491 e. The molecule has 4 nitrogen and oxygen atoms in total. The van der Waals surface area contributed by atoms with Crippen molar-refractivity contribution in [2.75, 3.05) is 6.54 Å². The lowest BCUT2D eigenvalue weighted by molar-refractivity contribution is 0.242. The van der Waals surface area contributed by atoms with Crippen LogP contribution in [0.5, 0.6) is 5.75 Å². The van der Waals surface area contributed by atoms with Gasteiger partial charge in [-0.2, -0.15) is 0 Å². The molecule has 0 heterocycles. The molecule has 2 rings (SSSR count). The summed E-state index contributed by atoms with van der Waals surface area (Å²) in [5, 5.41) is 6.77. The van der Waals surface area contributed by atoms with E-state index in [0.717, 1.165) is 29.7 Å². The minimum absolute atomic E-state index is 0. The molecule has 0 radical (unpaired) electrons. The summed E-state index contributed by atoms with van der Waals surface area (Å²) in [7, 11) is 0. The number of aliphatic imine (C=N–C) groups is 1. The quantitative estimate of drug-likeness (QED) is 0.423. The number of halogens is 1. The molecule has 1 aliphatic carbocycles. The smallest absolute Gasteiger partial charge is 0.191 e. The third-order valence-corrected chi connectivity index (χ3v) is 3.47. The Morgan fingerprint density at radius 1 is 1.41 bits per heavy atom. The monoisotopic (exact) mass is 417 g/mol. The first-order valence-corrected chi connectivity index (χ1v) is 7.89. The van der Waals surface area contributed by atoms with E-state index in [1.807, 2.05) is 26.0 Å². The van der Waals surface area contributed by atoms with E-state index in [-0.39, 0.29) is 30.1 Å². The number of rotatable bonds is 6. The van der Waals surface area contributed by atoms with Gasteiger partial charge in [0.2, 0.25) is 0 Å². The summed E-state index contributed by atoms with van der Waals surface area (Å²) in [5.74, 6) is 2.57. The van der Waals surface area contributed by atoms with Crippen molar-refractivity contribution < 1.29 is 4.74 Å². The lowest BCUT2D eigenvalue weighted by Gasteiger charge is -2.12. The summed E-state index contributed by atoms with van der Waals surface area (Å²) in [5.41, 5.74) is 1.16. The molecule has 5 heteroatoms. The highest BCUT2D eigenvalue weighted by Gasteiger charge is 2.33. The fourth-order valence-electron chi connectivity index (χ4n) is 2.18. The van der Waals surface area contributed by atoms with Gasteiger partial charge in [0, 0.05) is 12.6 Å². The van der Waals surface area contributed by atoms with Crippen LogP contribution in [0.2, 0.25) is 0 Å². The molecule has 22 heavy (non-hydrogen) atoms. The maximum atomic E-state index is 5.72. The SMILES string of the molecule is CCNC(=NCc1cccc(OC(C)C)c1)NC1CC1C.I. The Morgan fingerprint density at radius 2 is 2.14 bits per heavy atom. The zero-order chi connectivity index (χ0) is 15.2. The highest BCUT2D eigenvalue weighted by atomic mass is 127. The molecular formula is C17H28IN3O. The summed E-state index contributed by atoms with van der Waals surface area (Å²) in [6.45, 7) is 9.96. The first-order chi connectivity index (χ1) is 10.1. The summed E-state index contributed by atoms with van der Waals surface area (Å²) >= 11 is 0. The van der Waals surface area contributed by atoms with Gasteiger partial charge in [-0.05, 0) is 50.8 Å². The fourth-order valence-corrected chi connectivity index (χ4v) is 2.18. The van der Waals surface area contributed by atoms with Crippen molar-refractivity contribution in [1.29, 1.82) is 0 Å². The zero-order valence-corrected chi connectivity index (χ0v) is 16.3. The van der Waals surface area contributed by atoms with E-state index >= 15 is 0 Å². The van der Waals surface area contributed by atoms with Gasteiger partial charge in [-0.3, -0.25) is 0 Å². The molecule has 0 amide bonds. The number of hydrogen-bond donors (Lipinski definition) is 2. The molecule has 0 saturated heterocycles. The summed E-state index contributed by atoms with van der Waals surface area (Å²) in [6.07, 6.45) is 1.43. The van der Waals surface area contributed by atoms with Gasteiger partial charge in [-0.15, -0.1) is 24.0 Å². The Labute approximate surface area is 151 Å². The molecule has 0 bridgehead atoms. The van der Waals surface area contributed by atoms with E-state index in [9.17, 15) is 0 Å². The molecule has 1 aromatic rings. The minimum Gasteiger partial charge on any atom is -0.491 e. The first-order valence-electron chi connectivity index (χ1n) is 7.89. The van der Waals surface area contributed by atoms with Crippen LogP contribution in [-0.4, -0.2) is 24.7 Å². The van der Waals surface area contributed by atoms with E-state index in [4.69, 9.17) is 4.74 Å². The van der Waals surface area contributed by atoms with Crippen LogP contribution in [0.4, 0.5) is 0 Å². The first kappa shape index (κ1) is 19.1. The van der Waals surface area contributed by atoms with Crippen LogP contribution in [-0.2, 0) is 6.54 Å². The number of guanidine groups is 1. The Morgan fingerprint density at radius 3 is 2.73 bits per heavy atom. The van der Waals surface area contributed by atoms with Gasteiger partial charge in [0.15, 0.2) is 5.96 Å². The number of ether oxygens (including phenoxy) is 1. The van der Waals surface area contributed by atoms with E-state index < -0.39 is 0 Å². The fraction of sp³-hybridized carbons (Fsp3) is 0.588. The number of hydrogen-bond acceptors (Lipinski definition) is 2. The van der Waals surface area contributed by atoms with Crippen LogP contribution in [0.25, 0.3) is 0 Å². The number of nitrogens with zero attached hydrogens (tertiary/aromatic N) is 1. The Balaban J connectivity index is 0.00000242. The maximum absolute atomic E-state index is 5.72. The van der Waals surface area contributed by atoms with Crippen molar-refractivity contribution in [3.05, 3.63) is 29.8 Å². The average Bonchev–Trinajstić information content (AvgIpc) is 3.11. The number of nitrogens with one attached hydrogen (secondary N) is 2. The standard InChI is InChI=1S/C17H27N3O.HI/c1-5-18-17(20-16-9-13(16)4)19-11-14-7-6-8-15(10-14)21-12(2)3;/h6-8,10,12-13,16H,5,9,11H2,1-4H3,(H2,18,19,20);1H. The van der Waals surface area contributed by atoms with Crippen molar-refractivity contribution in [2.45, 2.75) is 52.8 Å². The average molecular weight is 417 g/mol. The lowest BCUT2D eigenvalue weighted by Crippen LogP contribution is -2.39. The van der Waals surface area contributed by atoms with E-state index in [1.54, 1.807) is 0 Å². The second-order valence-electron chi connectivity index (χ2n) is 5.97. The second kappa shape index (κ2) is 9.22. The van der Waals surface area contributed by atoms with Gasteiger partial charge < -0.3 is 15.4 Å². The van der Waals surface area contributed by atoms with Crippen LogP contribution >= 0.6 is 24.0 Å². The van der Waals surface area contributed by atoms with Crippen molar-refractivity contribution in [3.63, 3.8) is 0 Å². The van der Waals surface area contributed by atoms with Crippen molar-refractivity contribution in [2.24, 2.45) is 10.9 Å². The van der Waals surface area contributed by atoms with Gasteiger partial charge >= 0.3 is 0 Å². The normalized spacial score (nSPS) is 20.3. The van der Waals surface area contributed by atoms with Gasteiger partial charge in [0.1, 0.15) is 5.75 Å². The predicted octanol–water partition coefficient (Wildman–Crippen LogP) is 3.56. The Bertz CT molecular complexity index is 491. The molecule has 2 unspecified atom stereocenters. The molecule has 2 N–H and O–H groups in total. The molecule has 1 saturated carbocycles. The van der Waals surface area contributed by atoms with Crippen LogP contribution in [0.3, 0.4) is 0 Å². The van der Waals surface area contributed by atoms with E-state index in [2.05, 4.69) is 41.6 Å². The van der Waals surface area contributed by atoms with Crippen molar-refractivity contribution in [3.8, 4) is 5.75 Å². The number of benzene rings is 1. The topological polar surface area (TPSA) is 45.7 Å². The summed E-state index contributed by atoms with van der Waals surface area (Å²) < 4.78 is 5.72. The predicted molar refractivity (Wildman–Crippen MR) is 103 cm³/mol. The summed E-state index contributed by atoms with van der Waals surface area (Å²) in [6, 6.07) is 8.74. The molecule has 0 aromatic heterocycles. The van der Waals surface area contributed by atoms with Crippen molar-refractivity contribution in [1.82, 2.24) is 10.6 Å². The highest BCUT2D eigenvalue weighted by Crippen LogP contribution is 2.28. The Kier molecular flexibility index (Phi) is 8.00. The minimum atomic E-state index is 0. The van der Waals surface area contributed by atoms with E-state index in [1.165, 1.54) is 6.42 Å². The maximum Gasteiger partial charge on any atom is 0.191 e. The Hall–Kier alpha value is -0.980. The molecule has 0 spiro atoms. The third kappa shape index (κ3) is 6.42. The highest BCUT2D eigenvalue weighted by molar-refractivity contribution is 14.0. The molecule has 1 fully saturated rings. The van der Waals surface area contributed by atoms with Gasteiger partial charge in [-0.1, -0.05) is 19.1 Å². The van der Waals surface area contributed by atoms with Crippen molar-refractivity contribution >= 4 is 29.9 Å². The molecule has 124 valence electrons. The van der Waals surface area contributed by atoms with Crippen LogP contribution in [0.15, 0.2) is 29.3 Å². The van der Waals surface area contributed by atoms with Crippen LogP contribution in [0, 0.1) is 5.92 Å². The van der Waals surface area contributed by atoms with E-state index in [0.29, 0.717) is 12.6 Å². The summed E-state index contributed by atoms with van der Waals surface area (Å²) in [4.78, 5) is 4.66. The molecule has 1 aliphatic rings. The molecule has 0 aliphatic heterocycles. The second-order valence-corrected chi connectivity index (χ2v) is 5.97. The third-order valence-electron chi connectivity index (χ3n) is 3.47. The van der Waals surface area contributed by atoms with Crippen LogP contribution < -0.4 is 15.4 Å². The molecular weight excluding hydrogens is 389 g/mol. The van der Waals surface area contributed by atoms with Gasteiger partial charge in [-0.25, -0.2) is 4.99 Å². The zero-order valence-electron chi connectivity index (χ0n) is 13.9. The van der Waals surface area contributed by atoms with Gasteiger partial charge in [0.25, 0.3) is 0 Å². The molecule has 2 atom stereocenters.